The second-order valence-electron chi connectivity index (χ2n) is 9.69. The van der Waals surface area contributed by atoms with Crippen molar-refractivity contribution in [3.05, 3.63) is 58.8 Å². The third-order valence-electron chi connectivity index (χ3n) is 6.60. The summed E-state index contributed by atoms with van der Waals surface area (Å²) >= 11 is 0. The second-order valence-corrected chi connectivity index (χ2v) is 9.69. The summed E-state index contributed by atoms with van der Waals surface area (Å²) in [7, 11) is 3.64. The Morgan fingerprint density at radius 1 is 1.14 bits per heavy atom. The lowest BCUT2D eigenvalue weighted by Crippen LogP contribution is -2.44. The molecule has 5 heteroatoms. The molecule has 1 atom stereocenters. The van der Waals surface area contributed by atoms with Gasteiger partial charge in [0.1, 0.15) is 5.82 Å². The molecule has 5 nitrogen and oxygen atoms in total. The zero-order valence-electron chi connectivity index (χ0n) is 23.9. The van der Waals surface area contributed by atoms with Gasteiger partial charge in [-0.2, -0.15) is 0 Å². The number of aliphatic imine (C=N–C) groups is 2. The van der Waals surface area contributed by atoms with Crippen molar-refractivity contribution < 1.29 is 4.74 Å². The Labute approximate surface area is 219 Å². The summed E-state index contributed by atoms with van der Waals surface area (Å²) in [6.07, 6.45) is 6.54. The summed E-state index contributed by atoms with van der Waals surface area (Å²) in [5.74, 6) is 1.27. The molecule has 196 valence electrons. The normalized spacial score (nSPS) is 16.9. The highest BCUT2D eigenvalue weighted by molar-refractivity contribution is 6.14. The molecule has 0 spiro atoms. The van der Waals surface area contributed by atoms with Crippen LogP contribution < -0.4 is 4.90 Å². The van der Waals surface area contributed by atoms with Gasteiger partial charge in [0.15, 0.2) is 0 Å². The number of morpholine rings is 1. The van der Waals surface area contributed by atoms with Crippen LogP contribution in [0, 0.1) is 19.8 Å². The van der Waals surface area contributed by atoms with Crippen LogP contribution >= 0.6 is 0 Å². The van der Waals surface area contributed by atoms with Crippen molar-refractivity contribution in [3.63, 3.8) is 0 Å². The van der Waals surface area contributed by atoms with Crippen molar-refractivity contribution in [1.29, 1.82) is 0 Å². The van der Waals surface area contributed by atoms with Gasteiger partial charge in [-0.15, -0.1) is 0 Å². The number of pyridine rings is 1. The van der Waals surface area contributed by atoms with Crippen LogP contribution in [0.2, 0.25) is 0 Å². The van der Waals surface area contributed by atoms with E-state index < -0.39 is 0 Å². The number of unbranched alkanes of at least 4 members (excludes halogenated alkanes) is 1. The van der Waals surface area contributed by atoms with Gasteiger partial charge in [-0.1, -0.05) is 64.8 Å². The molecular formula is C31H46N4O. The van der Waals surface area contributed by atoms with Crippen molar-refractivity contribution in [1.82, 2.24) is 4.98 Å². The topological polar surface area (TPSA) is 50.1 Å². The number of benzene rings is 1. The number of nitrogens with zero attached hydrogens (tertiary/aromatic N) is 4. The first-order valence-corrected chi connectivity index (χ1v) is 13.3. The van der Waals surface area contributed by atoms with Crippen molar-refractivity contribution in [2.75, 3.05) is 38.8 Å². The third-order valence-corrected chi connectivity index (χ3v) is 6.60. The lowest BCUT2D eigenvalue weighted by atomic mass is 9.90. The summed E-state index contributed by atoms with van der Waals surface area (Å²) in [5.41, 5.74) is 7.83. The maximum Gasteiger partial charge on any atom is 0.130 e. The van der Waals surface area contributed by atoms with Crippen molar-refractivity contribution in [2.45, 2.75) is 67.3 Å². The largest absolute Gasteiger partial charge is 0.377 e. The van der Waals surface area contributed by atoms with Gasteiger partial charge < -0.3 is 9.64 Å². The molecule has 3 rings (SSSR count). The summed E-state index contributed by atoms with van der Waals surface area (Å²) in [6, 6.07) is 11.1. The molecule has 1 fully saturated rings. The van der Waals surface area contributed by atoms with E-state index >= 15 is 0 Å². The number of aryl methyl sites for hydroxylation is 1. The van der Waals surface area contributed by atoms with Gasteiger partial charge in [-0.05, 0) is 66.7 Å². The first-order chi connectivity index (χ1) is 17.3. The summed E-state index contributed by atoms with van der Waals surface area (Å²) in [5, 5.41) is 0. The monoisotopic (exact) mass is 490 g/mol. The predicted molar refractivity (Wildman–Crippen MR) is 157 cm³/mol. The molecule has 1 aromatic heterocycles. The molecule has 2 heterocycles. The van der Waals surface area contributed by atoms with E-state index in [2.05, 4.69) is 94.8 Å². The number of ether oxygens (including phenoxy) is 1. The van der Waals surface area contributed by atoms with Gasteiger partial charge in [0, 0.05) is 26.9 Å². The average molecular weight is 491 g/mol. The molecule has 0 aliphatic carbocycles. The fourth-order valence-corrected chi connectivity index (χ4v) is 4.27. The highest BCUT2D eigenvalue weighted by Gasteiger charge is 2.25. The zero-order valence-corrected chi connectivity index (χ0v) is 23.9. The van der Waals surface area contributed by atoms with E-state index in [9.17, 15) is 0 Å². The number of aromatic nitrogens is 1. The number of hydrogen-bond donors (Lipinski definition) is 0. The minimum atomic E-state index is 0.269. The quantitative estimate of drug-likeness (QED) is 0.389. The van der Waals surface area contributed by atoms with Crippen LogP contribution in [0.3, 0.4) is 0 Å². The van der Waals surface area contributed by atoms with Crippen LogP contribution in [0.15, 0.2) is 52.0 Å². The van der Waals surface area contributed by atoms with Crippen LogP contribution in [-0.2, 0) is 4.74 Å². The molecular weight excluding hydrogens is 444 g/mol. The van der Waals surface area contributed by atoms with Crippen LogP contribution in [0.1, 0.15) is 64.3 Å². The van der Waals surface area contributed by atoms with Gasteiger partial charge in [0.25, 0.3) is 0 Å². The molecule has 0 N–H and O–H groups in total. The van der Waals surface area contributed by atoms with E-state index in [1.807, 2.05) is 13.3 Å². The molecule has 36 heavy (non-hydrogen) atoms. The van der Waals surface area contributed by atoms with Crippen LogP contribution in [0.4, 0.5) is 5.82 Å². The Hall–Kier alpha value is -2.79. The van der Waals surface area contributed by atoms with Crippen molar-refractivity contribution in [3.8, 4) is 11.1 Å². The van der Waals surface area contributed by atoms with E-state index in [0.29, 0.717) is 19.1 Å². The average Bonchev–Trinajstić information content (AvgIpc) is 2.88. The summed E-state index contributed by atoms with van der Waals surface area (Å²) in [4.78, 5) is 16.5. The Morgan fingerprint density at radius 3 is 2.39 bits per heavy atom. The van der Waals surface area contributed by atoms with E-state index in [1.165, 1.54) is 29.5 Å². The third kappa shape index (κ3) is 7.36. The highest BCUT2D eigenvalue weighted by atomic mass is 16.5. The first-order valence-electron chi connectivity index (χ1n) is 13.3. The molecule has 1 saturated heterocycles. The van der Waals surface area contributed by atoms with Crippen molar-refractivity contribution in [2.24, 2.45) is 15.9 Å². The summed E-state index contributed by atoms with van der Waals surface area (Å²) in [6.45, 7) is 17.5. The standard InChI is InChI=1S/C27H36N4O.C4H10/c1-18(2)22(12-13-28-6)27(29-7)26-21(5)24(23-11-9-8-10-19(23)3)16-25(30-26)31-14-15-32-17-20(31)4;1-3-4-2/h8-13,16,18,20H,14-15,17H2,1-7H3;3-4H2,1-2H3/b22-12+,28-13?,29-27?;. The number of anilines is 1. The lowest BCUT2D eigenvalue weighted by Gasteiger charge is -2.35. The fraction of sp³-hybridized carbons (Fsp3) is 0.516. The fourth-order valence-electron chi connectivity index (χ4n) is 4.27. The number of allylic oxidation sites excluding steroid dienone is 2. The molecule has 2 aromatic rings. The lowest BCUT2D eigenvalue weighted by molar-refractivity contribution is 0.0985. The highest BCUT2D eigenvalue weighted by Crippen LogP contribution is 2.33. The number of hydrogen-bond acceptors (Lipinski definition) is 5. The van der Waals surface area contributed by atoms with E-state index in [1.54, 1.807) is 7.05 Å². The van der Waals surface area contributed by atoms with Gasteiger partial charge >= 0.3 is 0 Å². The van der Waals surface area contributed by atoms with E-state index in [-0.39, 0.29) is 6.04 Å². The Balaban J connectivity index is 0.00000106. The molecule has 1 aliphatic rings. The summed E-state index contributed by atoms with van der Waals surface area (Å²) < 4.78 is 5.69. The maximum atomic E-state index is 5.69. The zero-order chi connectivity index (χ0) is 26.7. The SMILES string of the molecule is CCCC.CN=C/C=C(/C(=NC)c1nc(N2CCOCC2C)cc(-c2ccccc2C)c1C)C(C)C. The molecule has 0 amide bonds. The minimum Gasteiger partial charge on any atom is -0.377 e. The van der Waals surface area contributed by atoms with Gasteiger partial charge in [0.2, 0.25) is 0 Å². The van der Waals surface area contributed by atoms with Crippen LogP contribution in [0.25, 0.3) is 11.1 Å². The van der Waals surface area contributed by atoms with E-state index in [0.717, 1.165) is 34.9 Å². The molecule has 1 unspecified atom stereocenters. The maximum absolute atomic E-state index is 5.69. The molecule has 0 radical (unpaired) electrons. The Bertz CT molecular complexity index is 1070. The van der Waals surface area contributed by atoms with Gasteiger partial charge in [0.05, 0.1) is 30.7 Å². The number of rotatable bonds is 7. The minimum absolute atomic E-state index is 0.269. The van der Waals surface area contributed by atoms with E-state index in [4.69, 9.17) is 14.7 Å². The molecule has 1 aromatic carbocycles. The second kappa shape index (κ2) is 14.7. The molecule has 1 aliphatic heterocycles. The van der Waals surface area contributed by atoms with Crippen LogP contribution in [-0.4, -0.2) is 56.8 Å². The van der Waals surface area contributed by atoms with Crippen molar-refractivity contribution >= 4 is 17.7 Å². The first kappa shape index (κ1) is 29.4. The predicted octanol–water partition coefficient (Wildman–Crippen LogP) is 7.10. The molecule has 0 bridgehead atoms. The smallest absolute Gasteiger partial charge is 0.130 e. The van der Waals surface area contributed by atoms with Gasteiger partial charge in [-0.25, -0.2) is 4.98 Å². The van der Waals surface area contributed by atoms with Gasteiger partial charge in [-0.3, -0.25) is 9.98 Å². The van der Waals surface area contributed by atoms with Crippen LogP contribution in [0.5, 0.6) is 0 Å². The Kier molecular flexibility index (Phi) is 12.0. The molecule has 0 saturated carbocycles. The Morgan fingerprint density at radius 2 is 1.83 bits per heavy atom.